The average Bonchev–Trinajstić information content (AvgIpc) is 3.19. The molecule has 0 spiro atoms. The Morgan fingerprint density at radius 1 is 1.00 bits per heavy atom. The van der Waals surface area contributed by atoms with E-state index in [4.69, 9.17) is 4.74 Å². The van der Waals surface area contributed by atoms with Gasteiger partial charge in [0.1, 0.15) is 0 Å². The standard InChI is InChI=1S/C23H22N2O3/c26-21(24-14-13-16-7-2-1-3-8-16)15-28-23(27)22-17-9-4-5-11-19(17)25-20-12-6-10-18(20)22/h1-5,7-9,11H,6,10,12-15H2,(H,24,26). The van der Waals surface area contributed by atoms with Crippen molar-refractivity contribution in [3.63, 3.8) is 0 Å². The second-order valence-corrected chi connectivity index (χ2v) is 6.94. The van der Waals surface area contributed by atoms with Crippen LogP contribution >= 0.6 is 0 Å². The van der Waals surface area contributed by atoms with Crippen molar-refractivity contribution in [2.75, 3.05) is 13.2 Å². The van der Waals surface area contributed by atoms with Gasteiger partial charge in [0.15, 0.2) is 6.61 Å². The van der Waals surface area contributed by atoms with Crippen LogP contribution in [-0.2, 0) is 28.8 Å². The fraction of sp³-hybridized carbons (Fsp3) is 0.261. The number of fused-ring (bicyclic) bond motifs is 2. The lowest BCUT2D eigenvalue weighted by Crippen LogP contribution is -2.30. The fourth-order valence-corrected chi connectivity index (χ4v) is 3.69. The molecule has 1 aromatic heterocycles. The summed E-state index contributed by atoms with van der Waals surface area (Å²) in [6.07, 6.45) is 3.42. The number of hydrogen-bond donors (Lipinski definition) is 1. The van der Waals surface area contributed by atoms with Crippen molar-refractivity contribution in [2.24, 2.45) is 0 Å². The Morgan fingerprint density at radius 2 is 1.79 bits per heavy atom. The lowest BCUT2D eigenvalue weighted by atomic mass is 10.0. The van der Waals surface area contributed by atoms with Gasteiger partial charge in [0.25, 0.3) is 5.91 Å². The van der Waals surface area contributed by atoms with Crippen LogP contribution in [0, 0.1) is 0 Å². The second-order valence-electron chi connectivity index (χ2n) is 6.94. The molecule has 1 aliphatic carbocycles. The van der Waals surface area contributed by atoms with E-state index < -0.39 is 5.97 Å². The van der Waals surface area contributed by atoms with Crippen molar-refractivity contribution in [3.05, 3.63) is 77.0 Å². The Balaban J connectivity index is 1.40. The van der Waals surface area contributed by atoms with Gasteiger partial charge in [0.2, 0.25) is 0 Å². The molecular formula is C23H22N2O3. The van der Waals surface area contributed by atoms with Crippen molar-refractivity contribution in [2.45, 2.75) is 25.7 Å². The highest BCUT2D eigenvalue weighted by Crippen LogP contribution is 2.30. The molecule has 1 heterocycles. The van der Waals surface area contributed by atoms with E-state index in [-0.39, 0.29) is 12.5 Å². The Morgan fingerprint density at radius 3 is 2.64 bits per heavy atom. The number of carbonyl (C=O) groups is 2. The zero-order valence-electron chi connectivity index (χ0n) is 15.6. The van der Waals surface area contributed by atoms with Crippen molar-refractivity contribution in [3.8, 4) is 0 Å². The van der Waals surface area contributed by atoms with Crippen LogP contribution in [0.5, 0.6) is 0 Å². The molecule has 2 aromatic carbocycles. The highest BCUT2D eigenvalue weighted by Gasteiger charge is 2.25. The number of nitrogens with one attached hydrogen (secondary N) is 1. The number of amides is 1. The number of ether oxygens (including phenoxy) is 1. The van der Waals surface area contributed by atoms with E-state index in [1.165, 1.54) is 0 Å². The Bertz CT molecular complexity index is 1020. The average molecular weight is 374 g/mol. The van der Waals surface area contributed by atoms with Gasteiger partial charge >= 0.3 is 5.97 Å². The van der Waals surface area contributed by atoms with Gasteiger partial charge in [-0.15, -0.1) is 0 Å². The number of pyridine rings is 1. The van der Waals surface area contributed by atoms with Crippen LogP contribution in [0.3, 0.4) is 0 Å². The van der Waals surface area contributed by atoms with Crippen LogP contribution in [0.1, 0.15) is 33.6 Å². The maximum Gasteiger partial charge on any atom is 0.339 e. The normalized spacial score (nSPS) is 12.6. The summed E-state index contributed by atoms with van der Waals surface area (Å²) in [7, 11) is 0. The lowest BCUT2D eigenvalue weighted by Gasteiger charge is -2.12. The molecule has 0 radical (unpaired) electrons. The number of esters is 1. The smallest absolute Gasteiger partial charge is 0.339 e. The van der Waals surface area contributed by atoms with Gasteiger partial charge in [-0.05, 0) is 42.9 Å². The van der Waals surface area contributed by atoms with E-state index in [0.29, 0.717) is 12.1 Å². The van der Waals surface area contributed by atoms with Crippen LogP contribution in [-0.4, -0.2) is 30.0 Å². The molecule has 0 aliphatic heterocycles. The van der Waals surface area contributed by atoms with Crippen molar-refractivity contribution < 1.29 is 14.3 Å². The van der Waals surface area contributed by atoms with Crippen LogP contribution in [0.2, 0.25) is 0 Å². The van der Waals surface area contributed by atoms with Gasteiger partial charge in [-0.1, -0.05) is 48.5 Å². The predicted octanol–water partition coefficient (Wildman–Crippen LogP) is 3.24. The first-order valence-electron chi connectivity index (χ1n) is 9.60. The summed E-state index contributed by atoms with van der Waals surface area (Å²) in [5, 5.41) is 3.59. The third kappa shape index (κ3) is 3.88. The molecule has 5 heteroatoms. The number of benzene rings is 2. The van der Waals surface area contributed by atoms with Crippen LogP contribution in [0.15, 0.2) is 54.6 Å². The van der Waals surface area contributed by atoms with Crippen LogP contribution < -0.4 is 5.32 Å². The highest BCUT2D eigenvalue weighted by atomic mass is 16.5. The predicted molar refractivity (Wildman–Crippen MR) is 107 cm³/mol. The Hall–Kier alpha value is -3.21. The van der Waals surface area contributed by atoms with Crippen LogP contribution in [0.4, 0.5) is 0 Å². The van der Waals surface area contributed by atoms with E-state index in [2.05, 4.69) is 10.3 Å². The third-order valence-electron chi connectivity index (χ3n) is 5.04. The molecule has 0 unspecified atom stereocenters. The first kappa shape index (κ1) is 18.2. The maximum atomic E-state index is 12.8. The van der Waals surface area contributed by atoms with Crippen molar-refractivity contribution >= 4 is 22.8 Å². The molecular weight excluding hydrogens is 352 g/mol. The monoisotopic (exact) mass is 374 g/mol. The zero-order chi connectivity index (χ0) is 19.3. The van der Waals surface area contributed by atoms with Crippen molar-refractivity contribution in [1.82, 2.24) is 10.3 Å². The van der Waals surface area contributed by atoms with E-state index in [0.717, 1.165) is 53.4 Å². The molecule has 0 atom stereocenters. The first-order valence-corrected chi connectivity index (χ1v) is 9.60. The molecule has 1 N–H and O–H groups in total. The Labute approximate surface area is 163 Å². The molecule has 28 heavy (non-hydrogen) atoms. The molecule has 5 nitrogen and oxygen atoms in total. The minimum absolute atomic E-state index is 0.279. The van der Waals surface area contributed by atoms with E-state index in [9.17, 15) is 9.59 Å². The second kappa shape index (κ2) is 8.21. The van der Waals surface area contributed by atoms with Gasteiger partial charge in [-0.3, -0.25) is 9.78 Å². The van der Waals surface area contributed by atoms with Gasteiger partial charge in [-0.2, -0.15) is 0 Å². The molecule has 1 aliphatic rings. The number of para-hydroxylation sites is 1. The number of hydrogen-bond acceptors (Lipinski definition) is 4. The van der Waals surface area contributed by atoms with Crippen LogP contribution in [0.25, 0.3) is 10.9 Å². The third-order valence-corrected chi connectivity index (χ3v) is 5.04. The fourth-order valence-electron chi connectivity index (χ4n) is 3.69. The SMILES string of the molecule is O=C(COC(=O)c1c2c(nc3ccccc13)CCC2)NCCc1ccccc1. The van der Waals surface area contributed by atoms with Gasteiger partial charge < -0.3 is 10.1 Å². The molecule has 3 aromatic rings. The number of aryl methyl sites for hydroxylation is 1. The lowest BCUT2D eigenvalue weighted by molar-refractivity contribution is -0.124. The molecule has 142 valence electrons. The number of aromatic nitrogens is 1. The minimum Gasteiger partial charge on any atom is -0.452 e. The minimum atomic E-state index is -0.449. The van der Waals surface area contributed by atoms with Gasteiger partial charge in [0.05, 0.1) is 11.1 Å². The number of rotatable bonds is 6. The topological polar surface area (TPSA) is 68.3 Å². The van der Waals surface area contributed by atoms with E-state index in [1.807, 2.05) is 54.6 Å². The summed E-state index contributed by atoms with van der Waals surface area (Å²) >= 11 is 0. The molecule has 0 saturated carbocycles. The van der Waals surface area contributed by atoms with E-state index >= 15 is 0 Å². The number of carbonyl (C=O) groups excluding carboxylic acids is 2. The summed E-state index contributed by atoms with van der Waals surface area (Å²) in [4.78, 5) is 29.5. The maximum absolute atomic E-state index is 12.8. The largest absolute Gasteiger partial charge is 0.452 e. The summed E-state index contributed by atoms with van der Waals surface area (Å²) in [5.74, 6) is -0.741. The number of nitrogens with zero attached hydrogens (tertiary/aromatic N) is 1. The Kier molecular flexibility index (Phi) is 5.33. The molecule has 0 fully saturated rings. The molecule has 4 rings (SSSR count). The summed E-state index contributed by atoms with van der Waals surface area (Å²) in [5.41, 5.74) is 4.45. The quantitative estimate of drug-likeness (QED) is 0.673. The van der Waals surface area contributed by atoms with Gasteiger partial charge in [0, 0.05) is 17.6 Å². The zero-order valence-corrected chi connectivity index (χ0v) is 15.6. The highest BCUT2D eigenvalue weighted by molar-refractivity contribution is 6.05. The van der Waals surface area contributed by atoms with Crippen molar-refractivity contribution in [1.29, 1.82) is 0 Å². The molecule has 1 amide bonds. The first-order chi connectivity index (χ1) is 13.7. The summed E-state index contributed by atoms with van der Waals surface area (Å²) < 4.78 is 5.35. The van der Waals surface area contributed by atoms with Gasteiger partial charge in [-0.25, -0.2) is 4.79 Å². The molecule has 0 saturated heterocycles. The molecule has 0 bridgehead atoms. The summed E-state index contributed by atoms with van der Waals surface area (Å²) in [6.45, 7) is 0.229. The summed E-state index contributed by atoms with van der Waals surface area (Å²) in [6, 6.07) is 17.5. The van der Waals surface area contributed by atoms with E-state index in [1.54, 1.807) is 0 Å².